The van der Waals surface area contributed by atoms with Crippen LogP contribution in [0, 0.1) is 0 Å². The maximum atomic E-state index is 5.79. The smallest absolute Gasteiger partial charge is 0.0406 e. The second-order valence-electron chi connectivity index (χ2n) is 3.36. The molecule has 0 aliphatic heterocycles. The van der Waals surface area contributed by atoms with Gasteiger partial charge in [-0.05, 0) is 38.1 Å². The van der Waals surface area contributed by atoms with Crippen molar-refractivity contribution in [3.63, 3.8) is 0 Å². The van der Waals surface area contributed by atoms with Crippen LogP contribution in [0.2, 0.25) is 5.02 Å². The van der Waals surface area contributed by atoms with Gasteiger partial charge in [-0.1, -0.05) is 17.7 Å². The first-order valence-corrected chi connectivity index (χ1v) is 5.31. The summed E-state index contributed by atoms with van der Waals surface area (Å²) in [7, 11) is 0. The lowest BCUT2D eigenvalue weighted by molar-refractivity contribution is 0.900. The van der Waals surface area contributed by atoms with Crippen LogP contribution >= 0.6 is 23.4 Å². The number of hydrogen-bond acceptors (Lipinski definition) is 1. The van der Waals surface area contributed by atoms with Gasteiger partial charge in [0, 0.05) is 14.7 Å². The van der Waals surface area contributed by atoms with E-state index in [2.05, 4.69) is 20.4 Å². The molecule has 0 N–H and O–H groups in total. The highest BCUT2D eigenvalue weighted by Gasteiger charge is 2.13. The zero-order valence-electron chi connectivity index (χ0n) is 7.88. The third kappa shape index (κ3) is 3.45. The van der Waals surface area contributed by atoms with E-state index >= 15 is 0 Å². The van der Waals surface area contributed by atoms with Crippen LogP contribution in [0.25, 0.3) is 0 Å². The molecule has 0 radical (unpaired) electrons. The molecule has 1 rings (SSSR count). The highest BCUT2D eigenvalue weighted by molar-refractivity contribution is 8.00. The van der Waals surface area contributed by atoms with Gasteiger partial charge in [-0.25, -0.2) is 0 Å². The van der Waals surface area contributed by atoms with Crippen molar-refractivity contribution in [1.82, 2.24) is 0 Å². The standard InChI is InChI=1S/C11H13ClS/c1-4-11(2,3)13-10-7-5-9(12)6-8-10/h4-8H,1H2,2-3H3. The largest absolute Gasteiger partial charge is 0.116 e. The summed E-state index contributed by atoms with van der Waals surface area (Å²) in [4.78, 5) is 1.22. The third-order valence-corrected chi connectivity index (χ3v) is 3.14. The Morgan fingerprint density at radius 2 is 1.85 bits per heavy atom. The summed E-state index contributed by atoms with van der Waals surface area (Å²) < 4.78 is 0.0772. The molecule has 0 spiro atoms. The predicted octanol–water partition coefficient (Wildman–Crippen LogP) is 4.40. The molecule has 0 fully saturated rings. The van der Waals surface area contributed by atoms with Crippen molar-refractivity contribution in [1.29, 1.82) is 0 Å². The molecular weight excluding hydrogens is 200 g/mol. The molecule has 0 aliphatic rings. The van der Waals surface area contributed by atoms with Crippen LogP contribution in [0.4, 0.5) is 0 Å². The van der Waals surface area contributed by atoms with Crippen LogP contribution in [-0.4, -0.2) is 4.75 Å². The van der Waals surface area contributed by atoms with Gasteiger partial charge >= 0.3 is 0 Å². The van der Waals surface area contributed by atoms with Crippen molar-refractivity contribution < 1.29 is 0 Å². The minimum absolute atomic E-state index is 0.0772. The average Bonchev–Trinajstić information content (AvgIpc) is 2.09. The normalized spacial score (nSPS) is 11.3. The highest BCUT2D eigenvalue weighted by atomic mass is 35.5. The van der Waals surface area contributed by atoms with Crippen molar-refractivity contribution in [3.05, 3.63) is 41.9 Å². The van der Waals surface area contributed by atoms with Gasteiger partial charge in [-0.2, -0.15) is 0 Å². The molecule has 0 aromatic heterocycles. The van der Waals surface area contributed by atoms with Gasteiger partial charge in [0.1, 0.15) is 0 Å². The van der Waals surface area contributed by atoms with Crippen molar-refractivity contribution in [3.8, 4) is 0 Å². The minimum atomic E-state index is 0.0772. The summed E-state index contributed by atoms with van der Waals surface area (Å²) >= 11 is 7.57. The van der Waals surface area contributed by atoms with Gasteiger partial charge in [0.2, 0.25) is 0 Å². The minimum Gasteiger partial charge on any atom is -0.116 e. The van der Waals surface area contributed by atoms with Gasteiger partial charge in [-0.3, -0.25) is 0 Å². The fourth-order valence-electron chi connectivity index (χ4n) is 0.848. The molecule has 0 heterocycles. The van der Waals surface area contributed by atoms with E-state index < -0.39 is 0 Å². The van der Waals surface area contributed by atoms with Crippen LogP contribution in [0.15, 0.2) is 41.8 Å². The molecule has 0 bridgehead atoms. The molecule has 13 heavy (non-hydrogen) atoms. The van der Waals surface area contributed by atoms with Crippen LogP contribution in [0.1, 0.15) is 13.8 Å². The van der Waals surface area contributed by atoms with E-state index in [1.54, 1.807) is 11.8 Å². The molecule has 0 atom stereocenters. The number of rotatable bonds is 3. The first-order valence-electron chi connectivity index (χ1n) is 4.12. The molecule has 0 amide bonds. The zero-order valence-corrected chi connectivity index (χ0v) is 9.45. The second kappa shape index (κ2) is 4.21. The van der Waals surface area contributed by atoms with Gasteiger partial charge in [0.05, 0.1) is 0 Å². The molecule has 0 aliphatic carbocycles. The molecule has 1 aromatic rings. The summed E-state index contributed by atoms with van der Waals surface area (Å²) in [5.41, 5.74) is 0. The Bertz CT molecular complexity index is 287. The van der Waals surface area contributed by atoms with Gasteiger partial charge in [0.15, 0.2) is 0 Å². The molecule has 0 saturated carbocycles. The zero-order chi connectivity index (χ0) is 9.90. The Kier molecular flexibility index (Phi) is 3.46. The number of halogens is 1. The summed E-state index contributed by atoms with van der Waals surface area (Å²) in [6, 6.07) is 7.86. The predicted molar refractivity (Wildman–Crippen MR) is 61.6 cm³/mol. The Labute approximate surface area is 89.0 Å². The molecule has 70 valence electrons. The summed E-state index contributed by atoms with van der Waals surface area (Å²) in [5.74, 6) is 0. The van der Waals surface area contributed by atoms with E-state index in [1.165, 1.54) is 4.90 Å². The molecular formula is C11H13ClS. The third-order valence-electron chi connectivity index (χ3n) is 1.69. The Morgan fingerprint density at radius 3 is 2.31 bits per heavy atom. The summed E-state index contributed by atoms with van der Waals surface area (Å²) in [5, 5.41) is 0.778. The first-order chi connectivity index (χ1) is 6.03. The average molecular weight is 213 g/mol. The lowest BCUT2D eigenvalue weighted by atomic mass is 10.2. The van der Waals surface area contributed by atoms with Gasteiger partial charge in [-0.15, -0.1) is 18.3 Å². The fourth-order valence-corrected chi connectivity index (χ4v) is 1.94. The van der Waals surface area contributed by atoms with E-state index in [4.69, 9.17) is 11.6 Å². The van der Waals surface area contributed by atoms with E-state index in [9.17, 15) is 0 Å². The van der Waals surface area contributed by atoms with E-state index in [0.717, 1.165) is 5.02 Å². The second-order valence-corrected chi connectivity index (χ2v) is 5.53. The molecule has 0 nitrogen and oxygen atoms in total. The maximum Gasteiger partial charge on any atom is 0.0406 e. The maximum absolute atomic E-state index is 5.79. The molecule has 1 aromatic carbocycles. The van der Waals surface area contributed by atoms with Crippen molar-refractivity contribution in [2.45, 2.75) is 23.5 Å². The lowest BCUT2D eigenvalue weighted by Crippen LogP contribution is -2.08. The van der Waals surface area contributed by atoms with E-state index in [-0.39, 0.29) is 4.75 Å². The lowest BCUT2D eigenvalue weighted by Gasteiger charge is -2.18. The van der Waals surface area contributed by atoms with E-state index in [1.807, 2.05) is 30.3 Å². The van der Waals surface area contributed by atoms with Gasteiger partial charge in [0.25, 0.3) is 0 Å². The molecule has 2 heteroatoms. The van der Waals surface area contributed by atoms with Crippen LogP contribution in [-0.2, 0) is 0 Å². The van der Waals surface area contributed by atoms with Crippen molar-refractivity contribution in [2.75, 3.05) is 0 Å². The molecule has 0 unspecified atom stereocenters. The summed E-state index contributed by atoms with van der Waals surface area (Å²) in [6.07, 6.45) is 1.95. The van der Waals surface area contributed by atoms with Crippen molar-refractivity contribution in [2.24, 2.45) is 0 Å². The van der Waals surface area contributed by atoms with Gasteiger partial charge < -0.3 is 0 Å². The van der Waals surface area contributed by atoms with Crippen LogP contribution in [0.3, 0.4) is 0 Å². The van der Waals surface area contributed by atoms with Crippen LogP contribution < -0.4 is 0 Å². The molecule has 0 saturated heterocycles. The van der Waals surface area contributed by atoms with E-state index in [0.29, 0.717) is 0 Å². The monoisotopic (exact) mass is 212 g/mol. The SMILES string of the molecule is C=CC(C)(C)Sc1ccc(Cl)cc1. The quantitative estimate of drug-likeness (QED) is 0.529. The Hall–Kier alpha value is -0.400. The summed E-state index contributed by atoms with van der Waals surface area (Å²) in [6.45, 7) is 8.08. The first kappa shape index (κ1) is 10.7. The number of benzene rings is 1. The Balaban J connectivity index is 2.75. The Morgan fingerprint density at radius 1 is 1.31 bits per heavy atom. The van der Waals surface area contributed by atoms with Crippen LogP contribution in [0.5, 0.6) is 0 Å². The fraction of sp³-hybridized carbons (Fsp3) is 0.273. The number of hydrogen-bond donors (Lipinski definition) is 0. The highest BCUT2D eigenvalue weighted by Crippen LogP contribution is 2.33. The van der Waals surface area contributed by atoms with Crippen molar-refractivity contribution >= 4 is 23.4 Å². The topological polar surface area (TPSA) is 0 Å². The number of thioether (sulfide) groups is 1.